The molecule has 1 aromatic heterocycles. The van der Waals surface area contributed by atoms with E-state index in [1.54, 1.807) is 18.2 Å². The van der Waals surface area contributed by atoms with Gasteiger partial charge in [0.15, 0.2) is 12.4 Å². The third-order valence-corrected chi connectivity index (χ3v) is 4.57. The lowest BCUT2D eigenvalue weighted by Crippen LogP contribution is -2.29. The zero-order chi connectivity index (χ0) is 14.7. The van der Waals surface area contributed by atoms with Gasteiger partial charge in [-0.25, -0.2) is 4.57 Å². The lowest BCUT2D eigenvalue weighted by molar-refractivity contribution is -0.672. The zero-order valence-corrected chi connectivity index (χ0v) is 13.0. The van der Waals surface area contributed by atoms with E-state index in [9.17, 15) is 0 Å². The highest BCUT2D eigenvalue weighted by Crippen LogP contribution is 2.34. The van der Waals surface area contributed by atoms with Crippen LogP contribution in [0.15, 0.2) is 42.7 Å². The van der Waals surface area contributed by atoms with Crippen LogP contribution in [-0.4, -0.2) is 7.11 Å². The quantitative estimate of drug-likeness (QED) is 0.781. The molecule has 0 aliphatic heterocycles. The number of hydrogen-bond acceptors (Lipinski definition) is 1. The summed E-state index contributed by atoms with van der Waals surface area (Å²) in [5.74, 6) is 1.67. The monoisotopic (exact) mass is 282 g/mol. The molecule has 0 bridgehead atoms. The number of aromatic nitrogens is 1. The van der Waals surface area contributed by atoms with Crippen LogP contribution in [0.1, 0.15) is 41.9 Å². The molecule has 21 heavy (non-hydrogen) atoms. The molecule has 0 spiro atoms. The van der Waals surface area contributed by atoms with Crippen LogP contribution >= 0.6 is 0 Å². The molecule has 0 amide bonds. The van der Waals surface area contributed by atoms with Crippen LogP contribution < -0.4 is 9.30 Å². The minimum Gasteiger partial charge on any atom is -0.497 e. The number of hydrogen-bond donors (Lipinski definition) is 0. The average Bonchev–Trinajstić information content (AvgIpc) is 2.52. The maximum atomic E-state index is 5.31. The molecule has 3 rings (SSSR count). The number of ether oxygens (including phenoxy) is 1. The summed E-state index contributed by atoms with van der Waals surface area (Å²) in [5, 5.41) is 0. The van der Waals surface area contributed by atoms with Crippen molar-refractivity contribution < 1.29 is 9.30 Å². The van der Waals surface area contributed by atoms with Gasteiger partial charge in [0, 0.05) is 11.6 Å². The van der Waals surface area contributed by atoms with Crippen molar-refractivity contribution in [1.82, 2.24) is 0 Å². The highest BCUT2D eigenvalue weighted by Gasteiger charge is 2.22. The van der Waals surface area contributed by atoms with Gasteiger partial charge in [-0.15, -0.1) is 0 Å². The molecule has 1 aliphatic carbocycles. The number of pyridine rings is 1. The molecule has 1 aliphatic rings. The summed E-state index contributed by atoms with van der Waals surface area (Å²) >= 11 is 0. The summed E-state index contributed by atoms with van der Waals surface area (Å²) < 4.78 is 7.48. The Balaban J connectivity index is 1.71. The molecule has 1 unspecified atom stereocenters. The first kappa shape index (κ1) is 14.1. The Kier molecular flexibility index (Phi) is 4.23. The van der Waals surface area contributed by atoms with Crippen LogP contribution in [0, 0.1) is 0 Å². The highest BCUT2D eigenvalue weighted by atomic mass is 16.5. The first-order valence-electron chi connectivity index (χ1n) is 7.87. The van der Waals surface area contributed by atoms with Crippen molar-refractivity contribution in [2.75, 3.05) is 7.11 Å². The van der Waals surface area contributed by atoms with Crippen molar-refractivity contribution >= 4 is 0 Å². The maximum absolute atomic E-state index is 5.31. The number of methoxy groups -OCH3 is 1. The van der Waals surface area contributed by atoms with Crippen LogP contribution in [0.25, 0.3) is 0 Å². The first-order chi connectivity index (χ1) is 10.3. The normalized spacial score (nSPS) is 17.3. The van der Waals surface area contributed by atoms with Crippen LogP contribution in [0.4, 0.5) is 0 Å². The van der Waals surface area contributed by atoms with Gasteiger partial charge in [-0.2, -0.15) is 0 Å². The lowest BCUT2D eigenvalue weighted by atomic mass is 9.81. The van der Waals surface area contributed by atoms with E-state index in [0.29, 0.717) is 5.92 Å². The minimum absolute atomic E-state index is 0.709. The minimum atomic E-state index is 0.709. The van der Waals surface area contributed by atoms with E-state index in [1.807, 2.05) is 6.07 Å². The first-order valence-corrected chi connectivity index (χ1v) is 7.87. The van der Waals surface area contributed by atoms with Gasteiger partial charge in [0.2, 0.25) is 0 Å². The Hall–Kier alpha value is -1.83. The van der Waals surface area contributed by atoms with Gasteiger partial charge in [0.05, 0.1) is 7.11 Å². The molecule has 2 aromatic rings. The van der Waals surface area contributed by atoms with Crippen molar-refractivity contribution in [2.24, 2.45) is 7.05 Å². The molecule has 110 valence electrons. The van der Waals surface area contributed by atoms with Gasteiger partial charge in [-0.3, -0.25) is 0 Å². The van der Waals surface area contributed by atoms with E-state index in [0.717, 1.165) is 12.2 Å². The number of nitrogens with zero attached hydrogens (tertiary/aromatic N) is 1. The largest absolute Gasteiger partial charge is 0.497 e. The number of rotatable bonds is 4. The van der Waals surface area contributed by atoms with Gasteiger partial charge < -0.3 is 4.74 Å². The second-order valence-corrected chi connectivity index (χ2v) is 6.07. The summed E-state index contributed by atoms with van der Waals surface area (Å²) in [6, 6.07) is 10.8. The van der Waals surface area contributed by atoms with Crippen LogP contribution in [0.5, 0.6) is 5.75 Å². The van der Waals surface area contributed by atoms with Gasteiger partial charge >= 0.3 is 0 Å². The Morgan fingerprint density at radius 1 is 1.29 bits per heavy atom. The molecule has 0 saturated carbocycles. The van der Waals surface area contributed by atoms with E-state index >= 15 is 0 Å². The molecule has 2 nitrogen and oxygen atoms in total. The summed E-state index contributed by atoms with van der Waals surface area (Å²) in [5.41, 5.74) is 4.49. The number of fused-ring (bicyclic) bond motifs is 1. The molecule has 0 saturated heterocycles. The Morgan fingerprint density at radius 3 is 3.05 bits per heavy atom. The average molecular weight is 282 g/mol. The SMILES string of the molecule is COc1cccc(CCC2CCCc3c[n+](C)ccc32)c1. The van der Waals surface area contributed by atoms with Gasteiger partial charge in [0.1, 0.15) is 12.8 Å². The molecule has 1 atom stereocenters. The smallest absolute Gasteiger partial charge is 0.171 e. The zero-order valence-electron chi connectivity index (χ0n) is 13.0. The summed E-state index contributed by atoms with van der Waals surface area (Å²) in [6.45, 7) is 0. The highest BCUT2D eigenvalue weighted by molar-refractivity contribution is 5.30. The van der Waals surface area contributed by atoms with Crippen LogP contribution in [0.2, 0.25) is 0 Å². The Bertz CT molecular complexity index is 621. The molecule has 0 N–H and O–H groups in total. The number of benzene rings is 1. The van der Waals surface area contributed by atoms with Crippen molar-refractivity contribution in [3.05, 3.63) is 59.4 Å². The predicted molar refractivity (Wildman–Crippen MR) is 84.6 cm³/mol. The van der Waals surface area contributed by atoms with Crippen LogP contribution in [0.3, 0.4) is 0 Å². The van der Waals surface area contributed by atoms with E-state index in [4.69, 9.17) is 4.74 Å². The summed E-state index contributed by atoms with van der Waals surface area (Å²) in [7, 11) is 3.84. The van der Waals surface area contributed by atoms with Gasteiger partial charge in [-0.1, -0.05) is 12.1 Å². The van der Waals surface area contributed by atoms with E-state index in [-0.39, 0.29) is 0 Å². The fraction of sp³-hybridized carbons (Fsp3) is 0.421. The van der Waals surface area contributed by atoms with E-state index < -0.39 is 0 Å². The topological polar surface area (TPSA) is 13.1 Å². The predicted octanol–water partition coefficient (Wildman–Crippen LogP) is 3.57. The standard InChI is InChI=1S/C19H24NO/c1-20-12-11-19-16(6-4-7-17(19)14-20)10-9-15-5-3-8-18(13-15)21-2/h3,5,8,11-14,16H,4,6-7,9-10H2,1-2H3/q+1. The molecular formula is C19H24NO+. The number of aryl methyl sites for hydroxylation is 3. The Labute approximate surface area is 127 Å². The third-order valence-electron chi connectivity index (χ3n) is 4.57. The fourth-order valence-corrected chi connectivity index (χ4v) is 3.44. The van der Waals surface area contributed by atoms with Crippen molar-refractivity contribution in [3.63, 3.8) is 0 Å². The summed E-state index contributed by atoms with van der Waals surface area (Å²) in [6.07, 6.45) is 10.7. The van der Waals surface area contributed by atoms with Crippen molar-refractivity contribution in [3.8, 4) is 5.75 Å². The summed E-state index contributed by atoms with van der Waals surface area (Å²) in [4.78, 5) is 0. The van der Waals surface area contributed by atoms with E-state index in [2.05, 4.69) is 48.3 Å². The molecule has 0 fully saturated rings. The molecule has 1 aromatic carbocycles. The van der Waals surface area contributed by atoms with E-state index in [1.165, 1.54) is 31.2 Å². The Morgan fingerprint density at radius 2 is 2.19 bits per heavy atom. The molecule has 1 heterocycles. The molecular weight excluding hydrogens is 258 g/mol. The molecule has 2 heteroatoms. The second-order valence-electron chi connectivity index (χ2n) is 6.07. The van der Waals surface area contributed by atoms with Crippen LogP contribution in [-0.2, 0) is 19.9 Å². The second kappa shape index (κ2) is 6.30. The van der Waals surface area contributed by atoms with Crippen molar-refractivity contribution in [1.29, 1.82) is 0 Å². The third kappa shape index (κ3) is 3.26. The van der Waals surface area contributed by atoms with Crippen molar-refractivity contribution in [2.45, 2.75) is 38.0 Å². The van der Waals surface area contributed by atoms with Gasteiger partial charge in [0.25, 0.3) is 0 Å². The fourth-order valence-electron chi connectivity index (χ4n) is 3.44. The maximum Gasteiger partial charge on any atom is 0.171 e. The molecule has 0 radical (unpaired) electrons. The lowest BCUT2D eigenvalue weighted by Gasteiger charge is -2.24. The van der Waals surface area contributed by atoms with Gasteiger partial charge in [-0.05, 0) is 61.3 Å².